The van der Waals surface area contributed by atoms with Gasteiger partial charge in [-0.2, -0.15) is 5.10 Å². The zero-order chi connectivity index (χ0) is 14.6. The summed E-state index contributed by atoms with van der Waals surface area (Å²) in [6.45, 7) is 10.5. The molecule has 2 N–H and O–H groups in total. The Bertz CT molecular complexity index is 414. The fourth-order valence-corrected chi connectivity index (χ4v) is 3.73. The summed E-state index contributed by atoms with van der Waals surface area (Å²) >= 11 is 0. The monoisotopic (exact) mass is 278 g/mol. The van der Waals surface area contributed by atoms with Crippen LogP contribution in [-0.2, 0) is 13.1 Å². The molecule has 4 heteroatoms. The van der Waals surface area contributed by atoms with Crippen LogP contribution in [0.4, 0.5) is 0 Å². The summed E-state index contributed by atoms with van der Waals surface area (Å²) in [4.78, 5) is 2.58. The highest BCUT2D eigenvalue weighted by atomic mass is 15.3. The normalized spacial score (nSPS) is 27.1. The fourth-order valence-electron chi connectivity index (χ4n) is 3.73. The highest BCUT2D eigenvalue weighted by molar-refractivity contribution is 5.06. The Kier molecular flexibility index (Phi) is 5.22. The molecular formula is C16H30N4. The second-order valence-electron chi connectivity index (χ2n) is 6.35. The Balaban J connectivity index is 2.12. The molecule has 0 aliphatic heterocycles. The van der Waals surface area contributed by atoms with E-state index in [2.05, 4.69) is 37.0 Å². The molecule has 0 spiro atoms. The molecule has 4 nitrogen and oxygen atoms in total. The molecule has 20 heavy (non-hydrogen) atoms. The highest BCUT2D eigenvalue weighted by Gasteiger charge is 2.38. The Labute approximate surface area is 123 Å². The summed E-state index contributed by atoms with van der Waals surface area (Å²) in [7, 11) is 0. The average Bonchev–Trinajstić information content (AvgIpc) is 2.92. The van der Waals surface area contributed by atoms with E-state index in [0.717, 1.165) is 32.1 Å². The van der Waals surface area contributed by atoms with E-state index < -0.39 is 0 Å². The number of aryl methyl sites for hydroxylation is 1. The van der Waals surface area contributed by atoms with Gasteiger partial charge < -0.3 is 5.73 Å². The van der Waals surface area contributed by atoms with Crippen LogP contribution >= 0.6 is 0 Å². The van der Waals surface area contributed by atoms with Crippen molar-refractivity contribution in [2.45, 2.75) is 65.1 Å². The second kappa shape index (κ2) is 6.72. The van der Waals surface area contributed by atoms with Crippen molar-refractivity contribution in [1.29, 1.82) is 0 Å². The third kappa shape index (κ3) is 3.23. The molecule has 114 valence electrons. The highest BCUT2D eigenvalue weighted by Crippen LogP contribution is 2.36. The van der Waals surface area contributed by atoms with E-state index in [1.165, 1.54) is 31.2 Å². The summed E-state index contributed by atoms with van der Waals surface area (Å²) in [5, 5.41) is 4.39. The largest absolute Gasteiger partial charge is 0.329 e. The molecule has 1 aliphatic carbocycles. The van der Waals surface area contributed by atoms with Gasteiger partial charge in [0, 0.05) is 36.9 Å². The minimum Gasteiger partial charge on any atom is -0.329 e. The third-order valence-electron chi connectivity index (χ3n) is 4.88. The van der Waals surface area contributed by atoms with Crippen LogP contribution in [0.25, 0.3) is 0 Å². The smallest absolute Gasteiger partial charge is 0.0534 e. The van der Waals surface area contributed by atoms with Crippen LogP contribution in [0.5, 0.6) is 0 Å². The molecule has 0 saturated heterocycles. The maximum Gasteiger partial charge on any atom is 0.0534 e. The van der Waals surface area contributed by atoms with E-state index in [1.807, 2.05) is 10.9 Å². The lowest BCUT2D eigenvalue weighted by molar-refractivity contribution is 0.0367. The van der Waals surface area contributed by atoms with Crippen LogP contribution in [-0.4, -0.2) is 33.3 Å². The molecule has 1 aromatic rings. The second-order valence-corrected chi connectivity index (χ2v) is 6.35. The molecule has 1 aliphatic rings. The minimum atomic E-state index is 0.195. The summed E-state index contributed by atoms with van der Waals surface area (Å²) in [6.07, 6.45) is 9.31. The lowest BCUT2D eigenvalue weighted by Crippen LogP contribution is -2.55. The molecular weight excluding hydrogens is 248 g/mol. The third-order valence-corrected chi connectivity index (χ3v) is 4.88. The SMILES string of the molecule is CCN(Cc1cnn(CC)c1)C1(CN)CCCC(C)C1. The lowest BCUT2D eigenvalue weighted by Gasteiger charge is -2.47. The lowest BCUT2D eigenvalue weighted by atomic mass is 9.75. The van der Waals surface area contributed by atoms with Crippen LogP contribution in [0.15, 0.2) is 12.4 Å². The Morgan fingerprint density at radius 2 is 2.30 bits per heavy atom. The predicted octanol–water partition coefficient (Wildman–Crippen LogP) is 2.63. The number of rotatable bonds is 6. The van der Waals surface area contributed by atoms with Crippen LogP contribution < -0.4 is 5.73 Å². The first-order chi connectivity index (χ1) is 9.63. The first kappa shape index (κ1) is 15.5. The number of likely N-dealkylation sites (N-methyl/N-ethyl adjacent to an activating group) is 1. The van der Waals surface area contributed by atoms with Crippen molar-refractivity contribution in [2.75, 3.05) is 13.1 Å². The Hall–Kier alpha value is -0.870. The molecule has 0 aromatic carbocycles. The molecule has 2 rings (SSSR count). The van der Waals surface area contributed by atoms with Gasteiger partial charge in [0.1, 0.15) is 0 Å². The number of hydrogen-bond acceptors (Lipinski definition) is 3. The topological polar surface area (TPSA) is 47.1 Å². The Morgan fingerprint density at radius 1 is 1.50 bits per heavy atom. The van der Waals surface area contributed by atoms with E-state index in [9.17, 15) is 0 Å². The number of hydrogen-bond donors (Lipinski definition) is 1. The van der Waals surface area contributed by atoms with Gasteiger partial charge >= 0.3 is 0 Å². The summed E-state index contributed by atoms with van der Waals surface area (Å²) in [6, 6.07) is 0. The van der Waals surface area contributed by atoms with Crippen LogP contribution in [0.2, 0.25) is 0 Å². The maximum atomic E-state index is 6.20. The molecule has 0 radical (unpaired) electrons. The van der Waals surface area contributed by atoms with E-state index >= 15 is 0 Å². The first-order valence-corrected chi connectivity index (χ1v) is 8.10. The van der Waals surface area contributed by atoms with Gasteiger partial charge in [0.25, 0.3) is 0 Å². The Morgan fingerprint density at radius 3 is 2.85 bits per heavy atom. The fraction of sp³-hybridized carbons (Fsp3) is 0.812. The molecule has 1 heterocycles. The number of aromatic nitrogens is 2. The van der Waals surface area contributed by atoms with Crippen LogP contribution in [0, 0.1) is 5.92 Å². The summed E-state index contributed by atoms with van der Waals surface area (Å²) in [5.41, 5.74) is 7.70. The first-order valence-electron chi connectivity index (χ1n) is 8.10. The van der Waals surface area contributed by atoms with Gasteiger partial charge in [-0.05, 0) is 32.2 Å². The van der Waals surface area contributed by atoms with Crippen molar-refractivity contribution in [1.82, 2.24) is 14.7 Å². The van der Waals surface area contributed by atoms with Crippen molar-refractivity contribution in [3.8, 4) is 0 Å². The predicted molar refractivity (Wildman–Crippen MR) is 83.4 cm³/mol. The average molecular weight is 278 g/mol. The van der Waals surface area contributed by atoms with Crippen molar-refractivity contribution in [3.05, 3.63) is 18.0 Å². The molecule has 1 saturated carbocycles. The zero-order valence-electron chi connectivity index (χ0n) is 13.3. The van der Waals surface area contributed by atoms with Crippen molar-refractivity contribution in [2.24, 2.45) is 11.7 Å². The van der Waals surface area contributed by atoms with Crippen molar-refractivity contribution in [3.63, 3.8) is 0 Å². The van der Waals surface area contributed by atoms with Gasteiger partial charge in [0.2, 0.25) is 0 Å². The van der Waals surface area contributed by atoms with Crippen LogP contribution in [0.3, 0.4) is 0 Å². The molecule has 0 bridgehead atoms. The van der Waals surface area contributed by atoms with E-state index in [-0.39, 0.29) is 5.54 Å². The van der Waals surface area contributed by atoms with Crippen molar-refractivity contribution < 1.29 is 0 Å². The maximum absolute atomic E-state index is 6.20. The van der Waals surface area contributed by atoms with E-state index in [1.54, 1.807) is 0 Å². The van der Waals surface area contributed by atoms with Gasteiger partial charge in [0.05, 0.1) is 6.20 Å². The van der Waals surface area contributed by atoms with Gasteiger partial charge in [-0.25, -0.2) is 0 Å². The number of nitrogens with two attached hydrogens (primary N) is 1. The number of nitrogens with zero attached hydrogens (tertiary/aromatic N) is 3. The minimum absolute atomic E-state index is 0.195. The molecule has 2 unspecified atom stereocenters. The van der Waals surface area contributed by atoms with E-state index in [0.29, 0.717) is 0 Å². The van der Waals surface area contributed by atoms with Crippen LogP contribution in [0.1, 0.15) is 52.0 Å². The summed E-state index contributed by atoms with van der Waals surface area (Å²) < 4.78 is 2.00. The summed E-state index contributed by atoms with van der Waals surface area (Å²) in [5.74, 6) is 0.791. The quantitative estimate of drug-likeness (QED) is 0.870. The molecule has 1 fully saturated rings. The van der Waals surface area contributed by atoms with Crippen molar-refractivity contribution >= 4 is 0 Å². The zero-order valence-corrected chi connectivity index (χ0v) is 13.3. The van der Waals surface area contributed by atoms with E-state index in [4.69, 9.17) is 5.73 Å². The van der Waals surface area contributed by atoms with Gasteiger partial charge in [-0.3, -0.25) is 9.58 Å². The van der Waals surface area contributed by atoms with Gasteiger partial charge in [0.15, 0.2) is 0 Å². The van der Waals surface area contributed by atoms with Gasteiger partial charge in [-0.15, -0.1) is 0 Å². The molecule has 2 atom stereocenters. The molecule has 0 amide bonds. The molecule has 1 aromatic heterocycles. The standard InChI is InChI=1S/C16H30N4/c1-4-19(11-15-10-18-20(5-2)12-15)16(13-17)8-6-7-14(3)9-16/h10,12,14H,4-9,11,13,17H2,1-3H3. The van der Waals surface area contributed by atoms with Gasteiger partial charge in [-0.1, -0.05) is 26.7 Å².